The van der Waals surface area contributed by atoms with Crippen LogP contribution in [0.15, 0.2) is 48.9 Å². The summed E-state index contributed by atoms with van der Waals surface area (Å²) in [5.41, 5.74) is 2.30. The summed E-state index contributed by atoms with van der Waals surface area (Å²) >= 11 is 6.08. The summed E-state index contributed by atoms with van der Waals surface area (Å²) in [5, 5.41) is 1.94. The molecule has 0 saturated heterocycles. The van der Waals surface area contributed by atoms with E-state index in [9.17, 15) is 0 Å². The van der Waals surface area contributed by atoms with Crippen LogP contribution < -0.4 is 4.74 Å². The van der Waals surface area contributed by atoms with E-state index in [0.717, 1.165) is 28.4 Å². The number of hydrogen-bond acceptors (Lipinski definition) is 2. The number of aromatic nitrogens is 2. The molecule has 0 aliphatic carbocycles. The maximum Gasteiger partial charge on any atom is 0.138 e. The molecule has 2 heterocycles. The molecule has 3 rings (SSSR count). The second kappa shape index (κ2) is 5.55. The van der Waals surface area contributed by atoms with E-state index in [2.05, 4.69) is 22.7 Å². The van der Waals surface area contributed by atoms with E-state index in [0.29, 0.717) is 6.61 Å². The Bertz CT molecular complexity index is 722. The van der Waals surface area contributed by atoms with Crippen LogP contribution in [0, 0.1) is 0 Å². The molecular formula is C16H15ClN2O. The predicted molar refractivity (Wildman–Crippen MR) is 81.2 cm³/mol. The number of fused-ring (bicyclic) bond motifs is 1. The molecule has 1 aromatic carbocycles. The molecule has 20 heavy (non-hydrogen) atoms. The van der Waals surface area contributed by atoms with Crippen LogP contribution in [0.1, 0.15) is 12.5 Å². The lowest BCUT2D eigenvalue weighted by Crippen LogP contribution is -1.95. The van der Waals surface area contributed by atoms with Crippen LogP contribution in [0.2, 0.25) is 5.02 Å². The number of aryl methyl sites for hydroxylation is 1. The van der Waals surface area contributed by atoms with Crippen molar-refractivity contribution in [1.82, 2.24) is 9.55 Å². The standard InChI is InChI=1S/C16H15ClN2O/c1-2-19-10-12(11-20-14-4-3-7-18-9-14)15-6-5-13(17)8-16(15)19/h3-10H,2,11H2,1H3. The fourth-order valence-corrected chi connectivity index (χ4v) is 2.48. The number of halogens is 1. The van der Waals surface area contributed by atoms with Gasteiger partial charge in [-0.05, 0) is 31.2 Å². The summed E-state index contributed by atoms with van der Waals surface area (Å²) in [7, 11) is 0. The molecule has 0 radical (unpaired) electrons. The Hall–Kier alpha value is -2.00. The second-order valence-corrected chi connectivity index (χ2v) is 5.02. The number of nitrogens with zero attached hydrogens (tertiary/aromatic N) is 2. The zero-order valence-electron chi connectivity index (χ0n) is 11.2. The van der Waals surface area contributed by atoms with Crippen LogP contribution in [0.3, 0.4) is 0 Å². The minimum Gasteiger partial charge on any atom is -0.487 e. The van der Waals surface area contributed by atoms with Gasteiger partial charge in [0.05, 0.1) is 6.20 Å². The topological polar surface area (TPSA) is 27.1 Å². The Balaban J connectivity index is 1.92. The summed E-state index contributed by atoms with van der Waals surface area (Å²) in [4.78, 5) is 4.04. The fraction of sp³-hybridized carbons (Fsp3) is 0.188. The molecule has 0 bridgehead atoms. The van der Waals surface area contributed by atoms with Crippen molar-refractivity contribution in [3.05, 3.63) is 59.5 Å². The summed E-state index contributed by atoms with van der Waals surface area (Å²) in [6.07, 6.45) is 5.57. The van der Waals surface area contributed by atoms with Crippen LogP contribution in [0.5, 0.6) is 5.75 Å². The molecule has 2 aromatic heterocycles. The molecule has 0 saturated carbocycles. The molecule has 3 aromatic rings. The average Bonchev–Trinajstić information content (AvgIpc) is 2.83. The van der Waals surface area contributed by atoms with Crippen LogP contribution in [-0.4, -0.2) is 9.55 Å². The van der Waals surface area contributed by atoms with Crippen LogP contribution >= 0.6 is 11.6 Å². The highest BCUT2D eigenvalue weighted by Crippen LogP contribution is 2.25. The van der Waals surface area contributed by atoms with Gasteiger partial charge in [-0.25, -0.2) is 0 Å². The highest BCUT2D eigenvalue weighted by molar-refractivity contribution is 6.31. The molecule has 0 unspecified atom stereocenters. The van der Waals surface area contributed by atoms with Crippen LogP contribution in [0.4, 0.5) is 0 Å². The summed E-state index contributed by atoms with van der Waals surface area (Å²) in [6, 6.07) is 9.73. The van der Waals surface area contributed by atoms with Crippen molar-refractivity contribution in [3.63, 3.8) is 0 Å². The zero-order valence-corrected chi connectivity index (χ0v) is 12.0. The minimum absolute atomic E-state index is 0.525. The Morgan fingerprint density at radius 2 is 2.20 bits per heavy atom. The molecule has 4 heteroatoms. The molecule has 0 amide bonds. The van der Waals surface area contributed by atoms with Crippen LogP contribution in [0.25, 0.3) is 10.9 Å². The van der Waals surface area contributed by atoms with Gasteiger partial charge < -0.3 is 9.30 Å². The maximum atomic E-state index is 6.08. The quantitative estimate of drug-likeness (QED) is 0.715. The SMILES string of the molecule is CCn1cc(COc2cccnc2)c2ccc(Cl)cc21. The maximum absolute atomic E-state index is 6.08. The van der Waals surface area contributed by atoms with Gasteiger partial charge in [0.25, 0.3) is 0 Å². The van der Waals surface area contributed by atoms with Crippen molar-refractivity contribution in [1.29, 1.82) is 0 Å². The Kier molecular flexibility index (Phi) is 3.61. The van der Waals surface area contributed by atoms with Gasteiger partial charge in [-0.2, -0.15) is 0 Å². The van der Waals surface area contributed by atoms with Gasteiger partial charge in [0.15, 0.2) is 0 Å². The van der Waals surface area contributed by atoms with Crippen molar-refractivity contribution in [2.75, 3.05) is 0 Å². The number of ether oxygens (including phenoxy) is 1. The lowest BCUT2D eigenvalue weighted by atomic mass is 10.2. The Labute approximate surface area is 122 Å². The molecule has 0 spiro atoms. The summed E-state index contributed by atoms with van der Waals surface area (Å²) in [6.45, 7) is 3.55. The normalized spacial score (nSPS) is 10.9. The number of pyridine rings is 1. The Morgan fingerprint density at radius 3 is 2.95 bits per heavy atom. The largest absolute Gasteiger partial charge is 0.487 e. The first-order chi connectivity index (χ1) is 9.78. The number of rotatable bonds is 4. The van der Waals surface area contributed by atoms with Crippen molar-refractivity contribution in [2.45, 2.75) is 20.1 Å². The molecule has 0 aliphatic heterocycles. The van der Waals surface area contributed by atoms with E-state index >= 15 is 0 Å². The van der Waals surface area contributed by atoms with Crippen molar-refractivity contribution < 1.29 is 4.74 Å². The molecular weight excluding hydrogens is 272 g/mol. The first kappa shape index (κ1) is 13.0. The van der Waals surface area contributed by atoms with Gasteiger partial charge >= 0.3 is 0 Å². The lowest BCUT2D eigenvalue weighted by molar-refractivity contribution is 0.306. The minimum atomic E-state index is 0.525. The van der Waals surface area contributed by atoms with Crippen molar-refractivity contribution in [2.24, 2.45) is 0 Å². The summed E-state index contributed by atoms with van der Waals surface area (Å²) < 4.78 is 7.96. The molecule has 0 aliphatic rings. The molecule has 0 fully saturated rings. The van der Waals surface area contributed by atoms with E-state index in [1.165, 1.54) is 5.39 Å². The van der Waals surface area contributed by atoms with Crippen LogP contribution in [-0.2, 0) is 13.2 Å². The average molecular weight is 287 g/mol. The molecule has 3 nitrogen and oxygen atoms in total. The van der Waals surface area contributed by atoms with Gasteiger partial charge in [0.2, 0.25) is 0 Å². The third kappa shape index (κ3) is 2.49. The highest BCUT2D eigenvalue weighted by Gasteiger charge is 2.09. The van der Waals surface area contributed by atoms with E-state index < -0.39 is 0 Å². The van der Waals surface area contributed by atoms with E-state index in [-0.39, 0.29) is 0 Å². The molecule has 102 valence electrons. The van der Waals surface area contributed by atoms with Gasteiger partial charge in [-0.1, -0.05) is 17.7 Å². The van der Waals surface area contributed by atoms with Crippen molar-refractivity contribution >= 4 is 22.5 Å². The number of benzene rings is 1. The summed E-state index contributed by atoms with van der Waals surface area (Å²) in [5.74, 6) is 0.777. The van der Waals surface area contributed by atoms with Gasteiger partial charge in [0.1, 0.15) is 12.4 Å². The lowest BCUT2D eigenvalue weighted by Gasteiger charge is -2.04. The van der Waals surface area contributed by atoms with E-state index in [4.69, 9.17) is 16.3 Å². The van der Waals surface area contributed by atoms with Crippen molar-refractivity contribution in [3.8, 4) is 5.75 Å². The monoisotopic (exact) mass is 286 g/mol. The molecule has 0 N–H and O–H groups in total. The first-order valence-corrected chi connectivity index (χ1v) is 6.96. The second-order valence-electron chi connectivity index (χ2n) is 4.58. The Morgan fingerprint density at radius 1 is 1.30 bits per heavy atom. The third-order valence-corrected chi connectivity index (χ3v) is 3.53. The van der Waals surface area contributed by atoms with Gasteiger partial charge in [-0.3, -0.25) is 4.98 Å². The number of hydrogen-bond donors (Lipinski definition) is 0. The zero-order chi connectivity index (χ0) is 13.9. The fourth-order valence-electron chi connectivity index (χ4n) is 2.31. The smallest absolute Gasteiger partial charge is 0.138 e. The molecule has 0 atom stereocenters. The van der Waals surface area contributed by atoms with Gasteiger partial charge in [-0.15, -0.1) is 0 Å². The highest BCUT2D eigenvalue weighted by atomic mass is 35.5. The van der Waals surface area contributed by atoms with E-state index in [1.54, 1.807) is 12.4 Å². The third-order valence-electron chi connectivity index (χ3n) is 3.30. The van der Waals surface area contributed by atoms with Gasteiger partial charge in [0, 0.05) is 40.4 Å². The predicted octanol–water partition coefficient (Wildman–Crippen LogP) is 4.29. The first-order valence-electron chi connectivity index (χ1n) is 6.58. The van der Waals surface area contributed by atoms with E-state index in [1.807, 2.05) is 30.3 Å².